The first-order valence-electron chi connectivity index (χ1n) is 9.64. The van der Waals surface area contributed by atoms with Crippen LogP contribution in [-0.4, -0.2) is 35.7 Å². The number of benzene rings is 2. The number of aromatic nitrogens is 3. The topological polar surface area (TPSA) is 115 Å². The summed E-state index contributed by atoms with van der Waals surface area (Å²) in [7, 11) is -3.35. The number of thiazole rings is 1. The molecule has 0 aliphatic rings. The third-order valence-corrected chi connectivity index (χ3v) is 7.31. The molecule has 0 spiro atoms. The molecule has 3 heterocycles. The number of amides is 1. The molecule has 0 fully saturated rings. The molecule has 1 N–H and O–H groups in total. The number of halogens is 1. The molecule has 0 atom stereocenters. The van der Waals surface area contributed by atoms with Crippen LogP contribution in [0.3, 0.4) is 0 Å². The van der Waals surface area contributed by atoms with Gasteiger partial charge in [-0.15, -0.1) is 0 Å². The number of fused-ring (bicyclic) bond motifs is 2. The average Bonchev–Trinajstić information content (AvgIpc) is 3.35. The second-order valence-electron chi connectivity index (χ2n) is 7.38. The summed E-state index contributed by atoms with van der Waals surface area (Å²) in [5.74, 6) is -0.411. The van der Waals surface area contributed by atoms with Gasteiger partial charge in [0.1, 0.15) is 0 Å². The van der Waals surface area contributed by atoms with Gasteiger partial charge in [-0.05, 0) is 43.3 Å². The Morgan fingerprint density at radius 2 is 1.85 bits per heavy atom. The number of nitrogens with one attached hydrogen (secondary N) is 1. The average molecular weight is 499 g/mol. The van der Waals surface area contributed by atoms with Gasteiger partial charge in [0.15, 0.2) is 15.0 Å². The molecule has 5 rings (SSSR count). The zero-order valence-electron chi connectivity index (χ0n) is 17.3. The van der Waals surface area contributed by atoms with Crippen LogP contribution in [0.2, 0.25) is 5.02 Å². The van der Waals surface area contributed by atoms with Crippen molar-refractivity contribution in [1.29, 1.82) is 0 Å². The highest BCUT2D eigenvalue weighted by molar-refractivity contribution is 7.90. The number of pyridine rings is 1. The van der Waals surface area contributed by atoms with E-state index in [0.717, 1.165) is 11.8 Å². The fourth-order valence-electron chi connectivity index (χ4n) is 3.40. The molecule has 0 bridgehead atoms. The summed E-state index contributed by atoms with van der Waals surface area (Å²) in [6.45, 7) is 1.73. The smallest absolute Gasteiger partial charge is 0.259 e. The van der Waals surface area contributed by atoms with Gasteiger partial charge >= 0.3 is 0 Å². The van der Waals surface area contributed by atoms with Gasteiger partial charge in [-0.25, -0.2) is 18.4 Å². The maximum Gasteiger partial charge on any atom is 0.259 e. The zero-order valence-corrected chi connectivity index (χ0v) is 19.7. The summed E-state index contributed by atoms with van der Waals surface area (Å²) in [4.78, 5) is 22.4. The van der Waals surface area contributed by atoms with Crippen LogP contribution in [0.15, 0.2) is 57.9 Å². The van der Waals surface area contributed by atoms with E-state index in [9.17, 15) is 13.2 Å². The summed E-state index contributed by atoms with van der Waals surface area (Å²) >= 11 is 7.17. The van der Waals surface area contributed by atoms with Gasteiger partial charge in [-0.2, -0.15) is 0 Å². The molecule has 8 nitrogen and oxygen atoms in total. The fourth-order valence-corrected chi connectivity index (χ4v) is 5.14. The second kappa shape index (κ2) is 7.91. The summed E-state index contributed by atoms with van der Waals surface area (Å²) in [5, 5.41) is 8.19. The van der Waals surface area contributed by atoms with Crippen LogP contribution in [0, 0.1) is 6.92 Å². The molecule has 3 aromatic heterocycles. The highest BCUT2D eigenvalue weighted by Crippen LogP contribution is 2.31. The second-order valence-corrected chi connectivity index (χ2v) is 10.9. The van der Waals surface area contributed by atoms with Crippen molar-refractivity contribution in [2.45, 2.75) is 11.8 Å². The molecule has 0 unspecified atom stereocenters. The minimum absolute atomic E-state index is 0.195. The standard InChI is InChI=1S/C22H15ClN4O4S2/c1-11-19-15(10-17(24-21(19)31-27-11)12-3-5-13(23)6-4-12)20(28)26-22-25-16-8-7-14(33(2,29)30)9-18(16)32-22/h3-10H,1-2H3,(H,25,26,28). The van der Waals surface area contributed by atoms with E-state index in [2.05, 4.69) is 20.4 Å². The third-order valence-electron chi connectivity index (χ3n) is 5.01. The first-order valence-corrected chi connectivity index (χ1v) is 12.7. The normalized spacial score (nSPS) is 11.8. The lowest BCUT2D eigenvalue weighted by atomic mass is 10.1. The molecule has 0 saturated carbocycles. The van der Waals surface area contributed by atoms with Crippen LogP contribution in [0.5, 0.6) is 0 Å². The van der Waals surface area contributed by atoms with E-state index in [1.54, 1.807) is 49.4 Å². The molecule has 0 saturated heterocycles. The van der Waals surface area contributed by atoms with Crippen LogP contribution in [-0.2, 0) is 9.84 Å². The quantitative estimate of drug-likeness (QED) is 0.365. The first-order chi connectivity index (χ1) is 15.7. The number of hydrogen-bond acceptors (Lipinski definition) is 8. The van der Waals surface area contributed by atoms with E-state index in [4.69, 9.17) is 16.1 Å². The van der Waals surface area contributed by atoms with Crippen molar-refractivity contribution in [2.75, 3.05) is 11.6 Å². The lowest BCUT2D eigenvalue weighted by molar-refractivity contribution is 0.102. The van der Waals surface area contributed by atoms with Crippen LogP contribution in [0.1, 0.15) is 16.1 Å². The summed E-state index contributed by atoms with van der Waals surface area (Å²) < 4.78 is 29.6. The summed E-state index contributed by atoms with van der Waals surface area (Å²) in [5.41, 5.74) is 2.99. The Labute approximate surface area is 197 Å². The largest absolute Gasteiger partial charge is 0.335 e. The van der Waals surface area contributed by atoms with E-state index in [0.29, 0.717) is 42.7 Å². The highest BCUT2D eigenvalue weighted by Gasteiger charge is 2.21. The monoisotopic (exact) mass is 498 g/mol. The molecule has 5 aromatic rings. The van der Waals surface area contributed by atoms with Crippen LogP contribution >= 0.6 is 22.9 Å². The predicted molar refractivity (Wildman–Crippen MR) is 128 cm³/mol. The van der Waals surface area contributed by atoms with Gasteiger partial charge in [-0.1, -0.05) is 40.2 Å². The molecule has 33 heavy (non-hydrogen) atoms. The van der Waals surface area contributed by atoms with Crippen molar-refractivity contribution in [2.24, 2.45) is 0 Å². The molecule has 11 heteroatoms. The number of aryl methyl sites for hydroxylation is 1. The summed E-state index contributed by atoms with van der Waals surface area (Å²) in [6, 6.07) is 13.4. The lowest BCUT2D eigenvalue weighted by Crippen LogP contribution is -2.13. The van der Waals surface area contributed by atoms with Gasteiger partial charge in [0.25, 0.3) is 11.6 Å². The molecule has 0 aliphatic heterocycles. The highest BCUT2D eigenvalue weighted by atomic mass is 35.5. The van der Waals surface area contributed by atoms with E-state index in [-0.39, 0.29) is 10.6 Å². The maximum absolute atomic E-state index is 13.3. The predicted octanol–water partition coefficient (Wildman–Crippen LogP) is 5.12. The number of anilines is 1. The minimum atomic E-state index is -3.35. The molecule has 2 aromatic carbocycles. The fraction of sp³-hybridized carbons (Fsp3) is 0.0909. The van der Waals surface area contributed by atoms with E-state index in [1.165, 1.54) is 17.4 Å². The summed E-state index contributed by atoms with van der Waals surface area (Å²) in [6.07, 6.45) is 1.14. The molecular weight excluding hydrogens is 484 g/mol. The molecular formula is C22H15ClN4O4S2. The van der Waals surface area contributed by atoms with Crippen LogP contribution < -0.4 is 5.32 Å². The molecule has 0 radical (unpaired) electrons. The number of carbonyl (C=O) groups is 1. The Morgan fingerprint density at radius 3 is 2.58 bits per heavy atom. The Kier molecular flexibility index (Phi) is 5.15. The zero-order chi connectivity index (χ0) is 23.3. The molecule has 0 aliphatic carbocycles. The minimum Gasteiger partial charge on any atom is -0.335 e. The van der Waals surface area contributed by atoms with E-state index < -0.39 is 15.7 Å². The Bertz CT molecular complexity index is 1660. The number of hydrogen-bond donors (Lipinski definition) is 1. The Morgan fingerprint density at radius 1 is 1.09 bits per heavy atom. The van der Waals surface area contributed by atoms with Crippen molar-refractivity contribution < 1.29 is 17.7 Å². The number of rotatable bonds is 4. The van der Waals surface area contributed by atoms with Crippen molar-refractivity contribution in [1.82, 2.24) is 15.1 Å². The van der Waals surface area contributed by atoms with Gasteiger partial charge in [0.05, 0.1) is 37.4 Å². The first kappa shape index (κ1) is 21.5. The maximum atomic E-state index is 13.3. The Hall–Kier alpha value is -3.34. The van der Waals surface area contributed by atoms with Crippen molar-refractivity contribution in [3.63, 3.8) is 0 Å². The van der Waals surface area contributed by atoms with E-state index in [1.807, 2.05) is 0 Å². The SMILES string of the molecule is Cc1noc2nc(-c3ccc(Cl)cc3)cc(C(=O)Nc3nc4ccc(S(C)(=O)=O)cc4s3)c12. The number of sulfone groups is 1. The molecule has 166 valence electrons. The van der Waals surface area contributed by atoms with Crippen LogP contribution in [0.4, 0.5) is 5.13 Å². The van der Waals surface area contributed by atoms with E-state index >= 15 is 0 Å². The van der Waals surface area contributed by atoms with Crippen molar-refractivity contribution >= 4 is 65.1 Å². The molecule has 1 amide bonds. The van der Waals surface area contributed by atoms with Gasteiger partial charge in [0.2, 0.25) is 0 Å². The number of carbonyl (C=O) groups excluding carboxylic acids is 1. The Balaban J connectivity index is 1.55. The van der Waals surface area contributed by atoms with Gasteiger partial charge in [-0.3, -0.25) is 10.1 Å². The van der Waals surface area contributed by atoms with Gasteiger partial charge in [0, 0.05) is 16.8 Å². The van der Waals surface area contributed by atoms with Crippen molar-refractivity contribution in [3.05, 3.63) is 64.8 Å². The third kappa shape index (κ3) is 4.08. The van der Waals surface area contributed by atoms with Gasteiger partial charge < -0.3 is 4.52 Å². The van der Waals surface area contributed by atoms with Crippen LogP contribution in [0.25, 0.3) is 32.6 Å². The lowest BCUT2D eigenvalue weighted by Gasteiger charge is -2.07. The van der Waals surface area contributed by atoms with Crippen molar-refractivity contribution in [3.8, 4) is 11.3 Å². The number of nitrogens with zero attached hydrogens (tertiary/aromatic N) is 3.